The zero-order chi connectivity index (χ0) is 16.2. The van der Waals surface area contributed by atoms with Gasteiger partial charge in [-0.25, -0.2) is 8.42 Å². The van der Waals surface area contributed by atoms with E-state index < -0.39 is 26.5 Å². The van der Waals surface area contributed by atoms with E-state index in [0.717, 1.165) is 16.4 Å². The molecule has 0 heterocycles. The zero-order valence-electron chi connectivity index (χ0n) is 11.9. The highest BCUT2D eigenvalue weighted by molar-refractivity contribution is 7.89. The van der Waals surface area contributed by atoms with E-state index in [1.54, 1.807) is 0 Å². The summed E-state index contributed by atoms with van der Waals surface area (Å²) in [4.78, 5) is 9.26. The second-order valence-electron chi connectivity index (χ2n) is 4.62. The lowest BCUT2D eigenvalue weighted by Crippen LogP contribution is -2.31. The number of nitrogens with zero attached hydrogens (tertiary/aromatic N) is 2. The van der Waals surface area contributed by atoms with Crippen LogP contribution < -0.4 is 0 Å². The average Bonchev–Trinajstić information content (AvgIpc) is 2.37. The molecule has 0 atom stereocenters. The Labute approximate surface area is 122 Å². The summed E-state index contributed by atoms with van der Waals surface area (Å²) in [6.07, 6.45) is -0.0297. The number of benzene rings is 1. The van der Waals surface area contributed by atoms with Gasteiger partial charge in [0.15, 0.2) is 0 Å². The molecule has 0 saturated heterocycles. The lowest BCUT2D eigenvalue weighted by atomic mass is 10.3. The third kappa shape index (κ3) is 4.45. The van der Waals surface area contributed by atoms with Crippen molar-refractivity contribution in [3.8, 4) is 0 Å². The molecule has 0 aromatic heterocycles. The Kier molecular flexibility index (Phi) is 5.76. The fourth-order valence-corrected chi connectivity index (χ4v) is 2.68. The Morgan fingerprint density at radius 2 is 2.05 bits per heavy atom. The van der Waals surface area contributed by atoms with E-state index in [2.05, 4.69) is 0 Å². The van der Waals surface area contributed by atoms with Crippen LogP contribution in [-0.4, -0.2) is 43.9 Å². The van der Waals surface area contributed by atoms with Crippen molar-refractivity contribution in [2.45, 2.75) is 24.8 Å². The number of ether oxygens (including phenoxy) is 1. The Balaban J connectivity index is 2.92. The van der Waals surface area contributed by atoms with Crippen molar-refractivity contribution in [2.24, 2.45) is 0 Å². The first-order chi connectivity index (χ1) is 9.66. The van der Waals surface area contributed by atoms with Crippen molar-refractivity contribution in [3.05, 3.63) is 34.1 Å². The van der Waals surface area contributed by atoms with Crippen LogP contribution in [0.3, 0.4) is 0 Å². The molecule has 0 aliphatic heterocycles. The Bertz CT molecular complexity index is 618. The summed E-state index contributed by atoms with van der Waals surface area (Å²) >= 11 is 0. The number of hydrogen-bond donors (Lipinski definition) is 0. The van der Waals surface area contributed by atoms with Crippen LogP contribution in [0.15, 0.2) is 23.1 Å². The molecule has 0 unspecified atom stereocenters. The molecule has 0 aliphatic rings. The van der Waals surface area contributed by atoms with E-state index in [9.17, 15) is 22.9 Å². The van der Waals surface area contributed by atoms with Crippen LogP contribution >= 0.6 is 0 Å². The van der Waals surface area contributed by atoms with Gasteiger partial charge >= 0.3 is 5.69 Å². The summed E-state index contributed by atoms with van der Waals surface area (Å²) in [5, 5.41) is 10.5. The van der Waals surface area contributed by atoms with Gasteiger partial charge in [0, 0.05) is 25.7 Å². The number of halogens is 1. The monoisotopic (exact) mass is 320 g/mol. The normalized spacial score (nSPS) is 12.1. The molecule has 0 radical (unpaired) electrons. The second kappa shape index (κ2) is 6.92. The number of sulfonamides is 1. The van der Waals surface area contributed by atoms with Gasteiger partial charge < -0.3 is 4.74 Å². The Morgan fingerprint density at radius 1 is 1.43 bits per heavy atom. The summed E-state index contributed by atoms with van der Waals surface area (Å²) in [5.41, 5.74) is -0.764. The predicted octanol–water partition coefficient (Wildman–Crippen LogP) is 1.78. The smallest absolute Gasteiger partial charge is 0.304 e. The van der Waals surface area contributed by atoms with Gasteiger partial charge in [-0.1, -0.05) is 0 Å². The van der Waals surface area contributed by atoms with Crippen LogP contribution in [0.2, 0.25) is 0 Å². The fourth-order valence-electron chi connectivity index (χ4n) is 1.51. The molecule has 0 fully saturated rings. The third-order valence-corrected chi connectivity index (χ3v) is 4.53. The molecule has 0 bridgehead atoms. The number of nitro groups is 1. The van der Waals surface area contributed by atoms with Crippen molar-refractivity contribution in [1.82, 2.24) is 4.31 Å². The minimum Gasteiger partial charge on any atom is -0.377 e. The maximum absolute atomic E-state index is 13.5. The van der Waals surface area contributed by atoms with Gasteiger partial charge in [0.05, 0.1) is 22.5 Å². The van der Waals surface area contributed by atoms with Gasteiger partial charge in [0.25, 0.3) is 0 Å². The summed E-state index contributed by atoms with van der Waals surface area (Å²) in [5.74, 6) is -1.19. The molecule has 9 heteroatoms. The van der Waals surface area contributed by atoms with Crippen molar-refractivity contribution < 1.29 is 22.5 Å². The fraction of sp³-hybridized carbons (Fsp3) is 0.500. The molecule has 0 aliphatic carbocycles. The van der Waals surface area contributed by atoms with Crippen molar-refractivity contribution in [1.29, 1.82) is 0 Å². The predicted molar refractivity (Wildman–Crippen MR) is 74.0 cm³/mol. The van der Waals surface area contributed by atoms with Crippen molar-refractivity contribution in [2.75, 3.05) is 20.2 Å². The third-order valence-electron chi connectivity index (χ3n) is 2.68. The van der Waals surface area contributed by atoms with Gasteiger partial charge in [-0.3, -0.25) is 10.1 Å². The highest BCUT2D eigenvalue weighted by Gasteiger charge is 2.24. The first kappa shape index (κ1) is 17.5. The molecule has 21 heavy (non-hydrogen) atoms. The quantitative estimate of drug-likeness (QED) is 0.564. The highest BCUT2D eigenvalue weighted by atomic mass is 32.2. The Morgan fingerprint density at radius 3 is 2.52 bits per heavy atom. The van der Waals surface area contributed by atoms with E-state index in [0.29, 0.717) is 6.07 Å². The second-order valence-corrected chi connectivity index (χ2v) is 6.66. The van der Waals surface area contributed by atoms with E-state index >= 15 is 0 Å². The largest absolute Gasteiger partial charge is 0.377 e. The van der Waals surface area contributed by atoms with Crippen LogP contribution in [0.4, 0.5) is 10.1 Å². The van der Waals surface area contributed by atoms with E-state index in [1.807, 2.05) is 13.8 Å². The molecular formula is C12H17FN2O5S. The van der Waals surface area contributed by atoms with Gasteiger partial charge in [-0.05, 0) is 19.9 Å². The summed E-state index contributed by atoms with van der Waals surface area (Å²) in [6.45, 7) is 3.93. The number of likely N-dealkylation sites (N-methyl/N-ethyl adjacent to an activating group) is 1. The minimum absolute atomic E-state index is 0.0297. The standard InChI is InChI=1S/C12H17FN2O5S/c1-9(2)20-7-6-14(3)21(18,19)10-4-5-12(15(16)17)11(13)8-10/h4-5,8-9H,6-7H2,1-3H3. The van der Waals surface area contributed by atoms with Crippen molar-refractivity contribution in [3.63, 3.8) is 0 Å². The molecule has 1 rings (SSSR count). The molecule has 1 aromatic carbocycles. The molecule has 7 nitrogen and oxygen atoms in total. The maximum Gasteiger partial charge on any atom is 0.304 e. The summed E-state index contributed by atoms with van der Waals surface area (Å²) < 4.78 is 44.1. The first-order valence-electron chi connectivity index (χ1n) is 6.18. The van der Waals surface area contributed by atoms with E-state index in [1.165, 1.54) is 7.05 Å². The van der Waals surface area contributed by atoms with E-state index in [-0.39, 0.29) is 24.2 Å². The minimum atomic E-state index is -3.91. The highest BCUT2D eigenvalue weighted by Crippen LogP contribution is 2.22. The summed E-state index contributed by atoms with van der Waals surface area (Å²) in [6, 6.07) is 2.49. The first-order valence-corrected chi connectivity index (χ1v) is 7.62. The zero-order valence-corrected chi connectivity index (χ0v) is 12.8. The van der Waals surface area contributed by atoms with Crippen molar-refractivity contribution >= 4 is 15.7 Å². The molecule has 0 saturated carbocycles. The molecule has 118 valence electrons. The van der Waals surface area contributed by atoms with Crippen LogP contribution in [0.5, 0.6) is 0 Å². The lowest BCUT2D eigenvalue weighted by Gasteiger charge is -2.18. The SMILES string of the molecule is CC(C)OCCN(C)S(=O)(=O)c1ccc([N+](=O)[O-])c(F)c1. The van der Waals surface area contributed by atoms with Gasteiger partial charge in [0.2, 0.25) is 15.8 Å². The van der Waals surface area contributed by atoms with Gasteiger partial charge in [-0.15, -0.1) is 0 Å². The molecule has 0 amide bonds. The molecular weight excluding hydrogens is 303 g/mol. The van der Waals surface area contributed by atoms with Gasteiger partial charge in [-0.2, -0.15) is 8.70 Å². The van der Waals surface area contributed by atoms with Gasteiger partial charge in [0.1, 0.15) is 0 Å². The maximum atomic E-state index is 13.5. The summed E-state index contributed by atoms with van der Waals surface area (Å²) in [7, 11) is -2.58. The topological polar surface area (TPSA) is 89.8 Å². The van der Waals surface area contributed by atoms with Crippen LogP contribution in [0, 0.1) is 15.9 Å². The number of hydrogen-bond acceptors (Lipinski definition) is 5. The van der Waals surface area contributed by atoms with Crippen LogP contribution in [0.1, 0.15) is 13.8 Å². The van der Waals surface area contributed by atoms with Crippen LogP contribution in [-0.2, 0) is 14.8 Å². The molecule has 1 aromatic rings. The molecule has 0 N–H and O–H groups in total. The number of rotatable bonds is 7. The number of nitro benzene ring substituents is 1. The molecule has 0 spiro atoms. The lowest BCUT2D eigenvalue weighted by molar-refractivity contribution is -0.387. The Hall–Kier alpha value is -1.58. The van der Waals surface area contributed by atoms with Crippen LogP contribution in [0.25, 0.3) is 0 Å². The average molecular weight is 320 g/mol. The van der Waals surface area contributed by atoms with E-state index in [4.69, 9.17) is 4.74 Å².